The summed E-state index contributed by atoms with van der Waals surface area (Å²) in [5.74, 6) is -0.132. The molecule has 1 N–H and O–H groups in total. The van der Waals surface area contributed by atoms with Crippen LogP contribution in [0.25, 0.3) is 0 Å². The van der Waals surface area contributed by atoms with Crippen molar-refractivity contribution in [2.75, 3.05) is 13.1 Å². The molecule has 1 aliphatic heterocycles. The second-order valence-electron chi connectivity index (χ2n) is 4.30. The van der Waals surface area contributed by atoms with Crippen LogP contribution in [0.15, 0.2) is 10.9 Å². The Kier molecular flexibility index (Phi) is 3.90. The average Bonchev–Trinajstić information content (AvgIpc) is 2.87. The van der Waals surface area contributed by atoms with Gasteiger partial charge in [-0.25, -0.2) is 4.98 Å². The van der Waals surface area contributed by atoms with Crippen LogP contribution >= 0.6 is 11.3 Å². The summed E-state index contributed by atoms with van der Waals surface area (Å²) in [7, 11) is 0. The van der Waals surface area contributed by atoms with Crippen LogP contribution in [-0.2, 0) is 11.3 Å². The highest BCUT2D eigenvalue weighted by atomic mass is 32.1. The molecule has 1 aromatic heterocycles. The van der Waals surface area contributed by atoms with Gasteiger partial charge in [-0.1, -0.05) is 0 Å². The molecular formula is C11H16N2O2S. The van der Waals surface area contributed by atoms with E-state index in [0.29, 0.717) is 12.3 Å². The maximum absolute atomic E-state index is 10.5. The van der Waals surface area contributed by atoms with Crippen molar-refractivity contribution in [3.05, 3.63) is 16.6 Å². The van der Waals surface area contributed by atoms with E-state index in [1.54, 1.807) is 11.3 Å². The molecular weight excluding hydrogens is 224 g/mol. The molecule has 1 fully saturated rings. The molecule has 2 heterocycles. The molecule has 1 atom stereocenters. The van der Waals surface area contributed by atoms with E-state index in [-0.39, 0.29) is 0 Å². The first-order valence-corrected chi connectivity index (χ1v) is 6.49. The Hall–Kier alpha value is -0.940. The monoisotopic (exact) mass is 240 g/mol. The van der Waals surface area contributed by atoms with Crippen LogP contribution in [0.5, 0.6) is 0 Å². The average molecular weight is 240 g/mol. The largest absolute Gasteiger partial charge is 0.481 e. The lowest BCUT2D eigenvalue weighted by atomic mass is 10.0. The first-order valence-electron chi connectivity index (χ1n) is 5.55. The Labute approximate surface area is 98.9 Å². The van der Waals surface area contributed by atoms with E-state index in [2.05, 4.69) is 15.3 Å². The molecule has 1 aromatic rings. The van der Waals surface area contributed by atoms with Gasteiger partial charge in [0, 0.05) is 24.9 Å². The minimum absolute atomic E-state index is 0.301. The van der Waals surface area contributed by atoms with Crippen molar-refractivity contribution < 1.29 is 9.90 Å². The summed E-state index contributed by atoms with van der Waals surface area (Å²) in [6.45, 7) is 3.00. The number of aliphatic carboxylic acids is 1. The van der Waals surface area contributed by atoms with E-state index in [9.17, 15) is 4.79 Å². The third-order valence-electron chi connectivity index (χ3n) is 3.01. The van der Waals surface area contributed by atoms with Gasteiger partial charge >= 0.3 is 5.97 Å². The molecule has 88 valence electrons. The molecule has 1 unspecified atom stereocenters. The number of likely N-dealkylation sites (tertiary alicyclic amines) is 1. The SMILES string of the molecule is O=C(O)CCC1CCN(Cc2cscn2)C1. The van der Waals surface area contributed by atoms with Crippen molar-refractivity contribution in [3.63, 3.8) is 0 Å². The van der Waals surface area contributed by atoms with E-state index in [0.717, 1.165) is 38.2 Å². The Morgan fingerprint density at radius 3 is 3.25 bits per heavy atom. The fourth-order valence-electron chi connectivity index (χ4n) is 2.16. The number of hydrogen-bond donors (Lipinski definition) is 1. The second kappa shape index (κ2) is 5.41. The van der Waals surface area contributed by atoms with Crippen LogP contribution in [0.1, 0.15) is 25.0 Å². The standard InChI is InChI=1S/C11H16N2O2S/c14-11(15)2-1-9-3-4-13(5-9)6-10-7-16-8-12-10/h7-9H,1-6H2,(H,14,15). The van der Waals surface area contributed by atoms with Gasteiger partial charge in [0.2, 0.25) is 0 Å². The van der Waals surface area contributed by atoms with Crippen LogP contribution < -0.4 is 0 Å². The van der Waals surface area contributed by atoms with Crippen molar-refractivity contribution in [1.29, 1.82) is 0 Å². The molecule has 1 saturated heterocycles. The van der Waals surface area contributed by atoms with Crippen LogP contribution in [0, 0.1) is 5.92 Å². The lowest BCUT2D eigenvalue weighted by Crippen LogP contribution is -2.20. The van der Waals surface area contributed by atoms with Gasteiger partial charge in [0.15, 0.2) is 0 Å². The molecule has 0 bridgehead atoms. The van der Waals surface area contributed by atoms with Crippen molar-refractivity contribution in [2.24, 2.45) is 5.92 Å². The molecule has 16 heavy (non-hydrogen) atoms. The van der Waals surface area contributed by atoms with Crippen LogP contribution in [0.3, 0.4) is 0 Å². The molecule has 0 saturated carbocycles. The van der Waals surface area contributed by atoms with Gasteiger partial charge in [-0.2, -0.15) is 0 Å². The molecule has 0 radical (unpaired) electrons. The highest BCUT2D eigenvalue weighted by molar-refractivity contribution is 7.07. The van der Waals surface area contributed by atoms with Crippen LogP contribution in [0.4, 0.5) is 0 Å². The van der Waals surface area contributed by atoms with Crippen LogP contribution in [-0.4, -0.2) is 34.0 Å². The zero-order valence-corrected chi connectivity index (χ0v) is 9.95. The Balaban J connectivity index is 1.73. The molecule has 1 aliphatic rings. The molecule has 5 heteroatoms. The third-order valence-corrected chi connectivity index (χ3v) is 3.64. The topological polar surface area (TPSA) is 53.4 Å². The van der Waals surface area contributed by atoms with E-state index >= 15 is 0 Å². The highest BCUT2D eigenvalue weighted by Crippen LogP contribution is 2.22. The lowest BCUT2D eigenvalue weighted by molar-refractivity contribution is -0.137. The van der Waals surface area contributed by atoms with E-state index in [1.165, 1.54) is 0 Å². The van der Waals surface area contributed by atoms with Gasteiger partial charge < -0.3 is 5.11 Å². The van der Waals surface area contributed by atoms with Gasteiger partial charge in [0.05, 0.1) is 11.2 Å². The van der Waals surface area contributed by atoms with Crippen molar-refractivity contribution in [1.82, 2.24) is 9.88 Å². The number of thiazole rings is 1. The van der Waals surface area contributed by atoms with E-state index < -0.39 is 5.97 Å². The van der Waals surface area contributed by atoms with Gasteiger partial charge in [-0.15, -0.1) is 11.3 Å². The van der Waals surface area contributed by atoms with Gasteiger partial charge in [-0.05, 0) is 25.3 Å². The fourth-order valence-corrected chi connectivity index (χ4v) is 2.71. The molecule has 0 aromatic carbocycles. The maximum atomic E-state index is 10.5. The van der Waals surface area contributed by atoms with Crippen molar-refractivity contribution in [2.45, 2.75) is 25.8 Å². The number of rotatable bonds is 5. The predicted molar refractivity (Wildman–Crippen MR) is 62.4 cm³/mol. The minimum Gasteiger partial charge on any atom is -0.481 e. The zero-order chi connectivity index (χ0) is 11.4. The molecule has 0 amide bonds. The number of carboxylic acid groups (broad SMARTS) is 1. The summed E-state index contributed by atoms with van der Waals surface area (Å²) >= 11 is 1.62. The van der Waals surface area contributed by atoms with E-state index in [4.69, 9.17) is 5.11 Å². The summed E-state index contributed by atoms with van der Waals surface area (Å²) in [4.78, 5) is 17.1. The number of nitrogens with zero attached hydrogens (tertiary/aromatic N) is 2. The third kappa shape index (κ3) is 3.28. The molecule has 4 nitrogen and oxygen atoms in total. The zero-order valence-electron chi connectivity index (χ0n) is 9.13. The summed E-state index contributed by atoms with van der Waals surface area (Å²) < 4.78 is 0. The summed E-state index contributed by atoms with van der Waals surface area (Å²) in [6.07, 6.45) is 2.23. The smallest absolute Gasteiger partial charge is 0.303 e. The number of carboxylic acids is 1. The summed E-state index contributed by atoms with van der Waals surface area (Å²) in [6, 6.07) is 0. The molecule has 2 rings (SSSR count). The normalized spacial score (nSPS) is 21.4. The first-order chi connectivity index (χ1) is 7.74. The molecule has 0 aliphatic carbocycles. The maximum Gasteiger partial charge on any atom is 0.303 e. The van der Waals surface area contributed by atoms with Crippen LogP contribution in [0.2, 0.25) is 0 Å². The first kappa shape index (κ1) is 11.5. The Bertz CT molecular complexity index is 340. The Morgan fingerprint density at radius 1 is 1.69 bits per heavy atom. The van der Waals surface area contributed by atoms with Gasteiger partial charge in [-0.3, -0.25) is 9.69 Å². The van der Waals surface area contributed by atoms with Gasteiger partial charge in [0.1, 0.15) is 0 Å². The Morgan fingerprint density at radius 2 is 2.56 bits per heavy atom. The number of carbonyl (C=O) groups is 1. The summed E-state index contributed by atoms with van der Waals surface area (Å²) in [5, 5.41) is 10.7. The quantitative estimate of drug-likeness (QED) is 0.853. The van der Waals surface area contributed by atoms with Gasteiger partial charge in [0.25, 0.3) is 0 Å². The fraction of sp³-hybridized carbons (Fsp3) is 0.636. The number of hydrogen-bond acceptors (Lipinski definition) is 4. The van der Waals surface area contributed by atoms with E-state index in [1.807, 2.05) is 5.51 Å². The number of aromatic nitrogens is 1. The highest BCUT2D eigenvalue weighted by Gasteiger charge is 2.23. The molecule has 0 spiro atoms. The summed E-state index contributed by atoms with van der Waals surface area (Å²) in [5.41, 5.74) is 2.98. The minimum atomic E-state index is -0.682. The lowest BCUT2D eigenvalue weighted by Gasteiger charge is -2.13. The van der Waals surface area contributed by atoms with Crippen molar-refractivity contribution in [3.8, 4) is 0 Å². The second-order valence-corrected chi connectivity index (χ2v) is 5.02. The predicted octanol–water partition coefficient (Wildman–Crippen LogP) is 1.83. The van der Waals surface area contributed by atoms with Crippen molar-refractivity contribution >= 4 is 17.3 Å².